The predicted molar refractivity (Wildman–Crippen MR) is 162 cm³/mol. The molecule has 0 spiro atoms. The van der Waals surface area contributed by atoms with Gasteiger partial charge < -0.3 is 4.74 Å². The van der Waals surface area contributed by atoms with Crippen molar-refractivity contribution in [2.75, 3.05) is 0 Å². The number of rotatable bonds is 6. The smallest absolute Gasteiger partial charge is 0.147 e. The van der Waals surface area contributed by atoms with Crippen molar-refractivity contribution in [1.29, 1.82) is 0 Å². The summed E-state index contributed by atoms with van der Waals surface area (Å²) in [7, 11) is 0. The summed E-state index contributed by atoms with van der Waals surface area (Å²) >= 11 is 64.7. The average molecular weight is 695 g/mol. The molecule has 0 saturated carbocycles. The minimum absolute atomic E-state index is 0.191. The second-order valence-electron chi connectivity index (χ2n) is 7.78. The molecule has 192 valence electrons. The standard InChI is InChI=1S/C26H12Cl10O/c27-15-3-1-4-16(28)11(15)7-13-23(33)19(31)9-21(25(13)35)37-22-10-20(32)24(34)14(26(22)36)8-12-17(29)5-2-6-18(12)30/h1-6,9-10H,7-8H2. The zero-order chi connectivity index (χ0) is 27.0. The zero-order valence-electron chi connectivity index (χ0n) is 18.2. The Morgan fingerprint density at radius 3 is 1.05 bits per heavy atom. The van der Waals surface area contributed by atoms with E-state index in [9.17, 15) is 0 Å². The van der Waals surface area contributed by atoms with Crippen LogP contribution in [0.2, 0.25) is 50.2 Å². The first-order chi connectivity index (χ1) is 17.5. The van der Waals surface area contributed by atoms with E-state index < -0.39 is 0 Å². The number of benzene rings is 4. The molecule has 0 aliphatic rings. The van der Waals surface area contributed by atoms with Gasteiger partial charge in [-0.05, 0) is 46.5 Å². The third-order valence-electron chi connectivity index (χ3n) is 5.48. The lowest BCUT2D eigenvalue weighted by Gasteiger charge is -2.18. The van der Waals surface area contributed by atoms with Crippen molar-refractivity contribution in [3.63, 3.8) is 0 Å². The summed E-state index contributed by atoms with van der Waals surface area (Å²) in [4.78, 5) is 0. The molecule has 11 heteroatoms. The van der Waals surface area contributed by atoms with Crippen LogP contribution in [0, 0.1) is 0 Å². The van der Waals surface area contributed by atoms with Crippen LogP contribution in [-0.4, -0.2) is 0 Å². The molecule has 0 amide bonds. The van der Waals surface area contributed by atoms with Crippen LogP contribution in [-0.2, 0) is 12.8 Å². The summed E-state index contributed by atoms with van der Waals surface area (Å²) in [5.74, 6) is 0.382. The average Bonchev–Trinajstić information content (AvgIpc) is 2.84. The topological polar surface area (TPSA) is 9.23 Å². The van der Waals surface area contributed by atoms with Gasteiger partial charge in [0.05, 0.1) is 30.1 Å². The first kappa shape index (κ1) is 29.6. The van der Waals surface area contributed by atoms with E-state index in [0.717, 1.165) is 0 Å². The summed E-state index contributed by atoms with van der Waals surface area (Å²) in [6, 6.07) is 13.3. The van der Waals surface area contributed by atoms with Crippen molar-refractivity contribution in [3.05, 3.63) is 121 Å². The molecule has 4 aromatic carbocycles. The first-order valence-corrected chi connectivity index (χ1v) is 14.1. The van der Waals surface area contributed by atoms with Gasteiger partial charge in [-0.3, -0.25) is 0 Å². The molecule has 0 aromatic heterocycles. The molecule has 0 atom stereocenters. The Kier molecular flexibility index (Phi) is 9.91. The van der Waals surface area contributed by atoms with E-state index in [1.54, 1.807) is 36.4 Å². The maximum absolute atomic E-state index is 6.73. The van der Waals surface area contributed by atoms with E-state index in [1.165, 1.54) is 12.1 Å². The van der Waals surface area contributed by atoms with Crippen LogP contribution in [0.15, 0.2) is 48.5 Å². The Morgan fingerprint density at radius 1 is 0.405 bits per heavy atom. The molecule has 0 saturated heterocycles. The normalized spacial score (nSPS) is 11.2. The molecule has 0 unspecified atom stereocenters. The lowest BCUT2D eigenvalue weighted by molar-refractivity contribution is 0.482. The van der Waals surface area contributed by atoms with Crippen molar-refractivity contribution in [1.82, 2.24) is 0 Å². The molecule has 37 heavy (non-hydrogen) atoms. The fourth-order valence-corrected chi connectivity index (χ4v) is 6.12. The van der Waals surface area contributed by atoms with Crippen LogP contribution in [0.4, 0.5) is 0 Å². The fourth-order valence-electron chi connectivity index (χ4n) is 3.60. The second kappa shape index (κ2) is 12.4. The van der Waals surface area contributed by atoms with Gasteiger partial charge in [-0.2, -0.15) is 0 Å². The SMILES string of the molecule is Clc1cc(Oc2cc(Cl)c(Cl)c(Cc3c(Cl)cccc3Cl)c2Cl)c(Cl)c(Cc2c(Cl)cccc2Cl)c1Cl. The minimum Gasteiger partial charge on any atom is -0.454 e. The highest BCUT2D eigenvalue weighted by Crippen LogP contribution is 2.47. The highest BCUT2D eigenvalue weighted by Gasteiger charge is 2.23. The summed E-state index contributed by atoms with van der Waals surface area (Å²) in [5, 5.41) is 3.11. The van der Waals surface area contributed by atoms with Gasteiger partial charge in [0, 0.05) is 45.1 Å². The summed E-state index contributed by atoms with van der Waals surface area (Å²) < 4.78 is 6.11. The van der Waals surface area contributed by atoms with E-state index in [4.69, 9.17) is 121 Å². The molecule has 1 nitrogen and oxygen atoms in total. The van der Waals surface area contributed by atoms with Gasteiger partial charge in [-0.15, -0.1) is 0 Å². The second-order valence-corrected chi connectivity index (χ2v) is 11.7. The van der Waals surface area contributed by atoms with Crippen molar-refractivity contribution < 1.29 is 4.74 Å². The Balaban J connectivity index is 1.78. The Hall–Kier alpha value is -0.420. The van der Waals surface area contributed by atoms with Crippen LogP contribution in [0.25, 0.3) is 0 Å². The van der Waals surface area contributed by atoms with Crippen molar-refractivity contribution in [3.8, 4) is 11.5 Å². The van der Waals surface area contributed by atoms with Crippen molar-refractivity contribution >= 4 is 116 Å². The lowest BCUT2D eigenvalue weighted by Crippen LogP contribution is -1.99. The monoisotopic (exact) mass is 690 g/mol. The molecule has 0 N–H and O–H groups in total. The van der Waals surface area contributed by atoms with Gasteiger partial charge in [0.15, 0.2) is 0 Å². The summed E-state index contributed by atoms with van der Waals surface area (Å²) in [6.07, 6.45) is 0.414. The molecular formula is C26H12Cl10O. The number of hydrogen-bond acceptors (Lipinski definition) is 1. The Labute approximate surface area is 263 Å². The third-order valence-corrected chi connectivity index (χ3v) is 9.38. The van der Waals surface area contributed by atoms with Gasteiger partial charge in [-0.25, -0.2) is 0 Å². The van der Waals surface area contributed by atoms with E-state index in [1.807, 2.05) is 0 Å². The van der Waals surface area contributed by atoms with Gasteiger partial charge in [0.1, 0.15) is 11.5 Å². The quantitative estimate of drug-likeness (QED) is 0.183. The van der Waals surface area contributed by atoms with Gasteiger partial charge >= 0.3 is 0 Å². The maximum Gasteiger partial charge on any atom is 0.147 e. The molecule has 0 aliphatic heterocycles. The number of halogens is 10. The summed E-state index contributed by atoms with van der Waals surface area (Å²) in [6.45, 7) is 0. The van der Waals surface area contributed by atoms with E-state index in [-0.39, 0.29) is 54.5 Å². The number of ether oxygens (including phenoxy) is 1. The van der Waals surface area contributed by atoms with Crippen molar-refractivity contribution in [2.45, 2.75) is 12.8 Å². The lowest BCUT2D eigenvalue weighted by atomic mass is 10.0. The fraction of sp³-hybridized carbons (Fsp3) is 0.0769. The van der Waals surface area contributed by atoms with Crippen LogP contribution in [0.5, 0.6) is 11.5 Å². The van der Waals surface area contributed by atoms with Crippen molar-refractivity contribution in [2.24, 2.45) is 0 Å². The molecule has 0 fully saturated rings. The van der Waals surface area contributed by atoms with Crippen LogP contribution in [0.1, 0.15) is 22.3 Å². The highest BCUT2D eigenvalue weighted by atomic mass is 35.5. The van der Waals surface area contributed by atoms with Crippen LogP contribution >= 0.6 is 116 Å². The third kappa shape index (κ3) is 6.34. The molecule has 0 aliphatic carbocycles. The largest absolute Gasteiger partial charge is 0.454 e. The van der Waals surface area contributed by atoms with Gasteiger partial charge in [0.2, 0.25) is 0 Å². The van der Waals surface area contributed by atoms with Crippen LogP contribution in [0.3, 0.4) is 0 Å². The zero-order valence-corrected chi connectivity index (χ0v) is 25.8. The minimum atomic E-state index is 0.191. The molecule has 4 aromatic rings. The Bertz CT molecular complexity index is 1360. The van der Waals surface area contributed by atoms with Gasteiger partial charge in [0.25, 0.3) is 0 Å². The maximum atomic E-state index is 6.73. The molecule has 4 rings (SSSR count). The molecule has 0 bridgehead atoms. The van der Waals surface area contributed by atoms with E-state index >= 15 is 0 Å². The summed E-state index contributed by atoms with van der Waals surface area (Å²) in [5.41, 5.74) is 2.21. The molecular weight excluding hydrogens is 683 g/mol. The van der Waals surface area contributed by atoms with E-state index in [2.05, 4.69) is 0 Å². The van der Waals surface area contributed by atoms with Gasteiger partial charge in [-0.1, -0.05) is 128 Å². The predicted octanol–water partition coefficient (Wildman–Crippen LogP) is 13.2. The van der Waals surface area contributed by atoms with E-state index in [0.29, 0.717) is 42.3 Å². The molecule has 0 heterocycles. The highest BCUT2D eigenvalue weighted by molar-refractivity contribution is 6.45. The Morgan fingerprint density at radius 2 is 0.730 bits per heavy atom. The number of hydrogen-bond donors (Lipinski definition) is 0. The first-order valence-electron chi connectivity index (χ1n) is 10.4. The van der Waals surface area contributed by atoms with Crippen LogP contribution < -0.4 is 4.74 Å². The molecule has 0 radical (unpaired) electrons.